The predicted molar refractivity (Wildman–Crippen MR) is 93.0 cm³/mol. The number of ketones is 1. The normalized spacial score (nSPS) is 11.5. The maximum Gasteiger partial charge on any atom is 0.339 e. The van der Waals surface area contributed by atoms with E-state index in [1.54, 1.807) is 31.3 Å². The third-order valence-electron chi connectivity index (χ3n) is 3.69. The van der Waals surface area contributed by atoms with Crippen LogP contribution in [0.5, 0.6) is 0 Å². The van der Waals surface area contributed by atoms with Gasteiger partial charge in [-0.1, -0.05) is 29.8 Å². The quantitative estimate of drug-likeness (QED) is 0.374. The highest BCUT2D eigenvalue weighted by Gasteiger charge is 2.22. The average Bonchev–Trinajstić information content (AvgIpc) is 2.60. The van der Waals surface area contributed by atoms with E-state index in [1.165, 1.54) is 19.1 Å². The molecule has 0 unspecified atom stereocenters. The number of ether oxygens (including phenoxy) is 1. The fourth-order valence-corrected chi connectivity index (χ4v) is 2.26. The van der Waals surface area contributed by atoms with Gasteiger partial charge in [0.2, 0.25) is 5.78 Å². The van der Waals surface area contributed by atoms with Crippen LogP contribution >= 0.6 is 0 Å². The number of nitro groups is 1. The van der Waals surface area contributed by atoms with Gasteiger partial charge in [-0.05, 0) is 26.0 Å². The van der Waals surface area contributed by atoms with Crippen LogP contribution in [0, 0.1) is 17.0 Å². The SMILES string of the molecule is CNc1ccc(C(=O)O[C@@H](C)C(=O)c2ccc(C)cc2)cc1[N+](=O)[O-]. The molecule has 2 aromatic carbocycles. The fraction of sp³-hybridized carbons (Fsp3) is 0.222. The minimum absolute atomic E-state index is 0.00857. The molecule has 130 valence electrons. The highest BCUT2D eigenvalue weighted by molar-refractivity contribution is 6.01. The summed E-state index contributed by atoms with van der Waals surface area (Å²) in [6.45, 7) is 3.37. The lowest BCUT2D eigenvalue weighted by Gasteiger charge is -2.13. The minimum atomic E-state index is -1.00. The van der Waals surface area contributed by atoms with Crippen molar-refractivity contribution in [3.63, 3.8) is 0 Å². The first-order valence-electron chi connectivity index (χ1n) is 7.61. The Hall–Kier alpha value is -3.22. The van der Waals surface area contributed by atoms with Crippen LogP contribution in [0.1, 0.15) is 33.2 Å². The highest BCUT2D eigenvalue weighted by Crippen LogP contribution is 2.25. The number of benzene rings is 2. The van der Waals surface area contributed by atoms with E-state index < -0.39 is 17.0 Å². The Bertz CT molecular complexity index is 815. The smallest absolute Gasteiger partial charge is 0.339 e. The van der Waals surface area contributed by atoms with Crippen LogP contribution in [0.3, 0.4) is 0 Å². The van der Waals surface area contributed by atoms with Crippen LogP contribution in [-0.4, -0.2) is 29.8 Å². The lowest BCUT2D eigenvalue weighted by molar-refractivity contribution is -0.384. The van der Waals surface area contributed by atoms with E-state index in [0.717, 1.165) is 11.6 Å². The molecule has 7 heteroatoms. The highest BCUT2D eigenvalue weighted by atomic mass is 16.6. The van der Waals surface area contributed by atoms with E-state index in [0.29, 0.717) is 5.56 Å². The molecule has 0 heterocycles. The Morgan fingerprint density at radius 1 is 1.12 bits per heavy atom. The number of aryl methyl sites for hydroxylation is 1. The molecule has 1 atom stereocenters. The molecule has 2 aromatic rings. The van der Waals surface area contributed by atoms with Crippen molar-refractivity contribution in [2.75, 3.05) is 12.4 Å². The zero-order valence-corrected chi connectivity index (χ0v) is 14.1. The number of anilines is 1. The van der Waals surface area contributed by atoms with Crippen LogP contribution in [0.15, 0.2) is 42.5 Å². The summed E-state index contributed by atoms with van der Waals surface area (Å²) in [5, 5.41) is 13.7. The number of carbonyl (C=O) groups is 2. The first-order valence-corrected chi connectivity index (χ1v) is 7.61. The predicted octanol–water partition coefficient (Wildman–Crippen LogP) is 3.37. The van der Waals surface area contributed by atoms with Gasteiger partial charge < -0.3 is 10.1 Å². The van der Waals surface area contributed by atoms with Crippen LogP contribution in [0.2, 0.25) is 0 Å². The molecule has 0 spiro atoms. The van der Waals surface area contributed by atoms with E-state index in [1.807, 2.05) is 6.92 Å². The zero-order valence-electron chi connectivity index (χ0n) is 14.1. The van der Waals surface area contributed by atoms with E-state index >= 15 is 0 Å². The average molecular weight is 342 g/mol. The summed E-state index contributed by atoms with van der Waals surface area (Å²) in [6, 6.07) is 10.9. The van der Waals surface area contributed by atoms with Crippen LogP contribution in [0.4, 0.5) is 11.4 Å². The van der Waals surface area contributed by atoms with Crippen LogP contribution < -0.4 is 5.32 Å². The molecule has 1 N–H and O–H groups in total. The summed E-state index contributed by atoms with van der Waals surface area (Å²) >= 11 is 0. The van der Waals surface area contributed by atoms with Crippen molar-refractivity contribution in [3.8, 4) is 0 Å². The summed E-state index contributed by atoms with van der Waals surface area (Å²) < 4.78 is 5.16. The molecule has 0 fully saturated rings. The molecule has 0 aliphatic heterocycles. The van der Waals surface area contributed by atoms with E-state index in [9.17, 15) is 19.7 Å². The third kappa shape index (κ3) is 4.20. The van der Waals surface area contributed by atoms with E-state index in [4.69, 9.17) is 4.74 Å². The summed E-state index contributed by atoms with van der Waals surface area (Å²) in [6.07, 6.45) is -1.00. The maximum absolute atomic E-state index is 12.3. The maximum atomic E-state index is 12.3. The number of rotatable bonds is 6. The number of nitrogens with zero attached hydrogens (tertiary/aromatic N) is 1. The number of nitro benzene ring substituents is 1. The summed E-state index contributed by atoms with van der Waals surface area (Å²) in [7, 11) is 1.54. The second-order valence-corrected chi connectivity index (χ2v) is 5.52. The van der Waals surface area contributed by atoms with Crippen molar-refractivity contribution in [2.45, 2.75) is 20.0 Å². The Morgan fingerprint density at radius 3 is 2.28 bits per heavy atom. The van der Waals surface area contributed by atoms with E-state index in [-0.39, 0.29) is 22.7 Å². The molecule has 25 heavy (non-hydrogen) atoms. The number of hydrogen-bond donors (Lipinski definition) is 1. The Morgan fingerprint density at radius 2 is 1.72 bits per heavy atom. The number of Topliss-reactive ketones (excluding diaryl/α,β-unsaturated/α-hetero) is 1. The molecular weight excluding hydrogens is 324 g/mol. The van der Waals surface area contributed by atoms with Gasteiger partial charge in [0.05, 0.1) is 10.5 Å². The number of carbonyl (C=O) groups excluding carboxylic acids is 2. The molecule has 0 radical (unpaired) electrons. The van der Waals surface area contributed by atoms with Gasteiger partial charge in [0.25, 0.3) is 5.69 Å². The molecule has 0 bridgehead atoms. The molecule has 0 saturated heterocycles. The molecule has 0 aliphatic rings. The molecule has 2 rings (SSSR count). The van der Waals surface area contributed by atoms with Crippen LogP contribution in [0.25, 0.3) is 0 Å². The second-order valence-electron chi connectivity index (χ2n) is 5.52. The lowest BCUT2D eigenvalue weighted by atomic mass is 10.1. The van der Waals surface area contributed by atoms with Gasteiger partial charge in [-0.25, -0.2) is 4.79 Å². The topological polar surface area (TPSA) is 98.5 Å². The van der Waals surface area contributed by atoms with Crippen molar-refractivity contribution in [2.24, 2.45) is 0 Å². The van der Waals surface area contributed by atoms with Crippen molar-refractivity contribution in [3.05, 3.63) is 69.3 Å². The molecule has 0 amide bonds. The van der Waals surface area contributed by atoms with Crippen molar-refractivity contribution < 1.29 is 19.2 Å². The Balaban J connectivity index is 2.15. The minimum Gasteiger partial charge on any atom is -0.451 e. The van der Waals surface area contributed by atoms with Gasteiger partial charge in [0.1, 0.15) is 5.69 Å². The molecule has 0 aromatic heterocycles. The number of esters is 1. The van der Waals surface area contributed by atoms with Gasteiger partial charge >= 0.3 is 5.97 Å². The summed E-state index contributed by atoms with van der Waals surface area (Å²) in [5.41, 5.74) is 1.49. The third-order valence-corrected chi connectivity index (χ3v) is 3.69. The summed E-state index contributed by atoms with van der Waals surface area (Å²) in [4.78, 5) is 35.0. The van der Waals surface area contributed by atoms with E-state index in [2.05, 4.69) is 5.32 Å². The first kappa shape index (κ1) is 18.1. The number of hydrogen-bond acceptors (Lipinski definition) is 6. The Kier molecular flexibility index (Phi) is 5.49. The van der Waals surface area contributed by atoms with Gasteiger partial charge in [-0.2, -0.15) is 0 Å². The number of nitrogens with one attached hydrogen (secondary N) is 1. The zero-order chi connectivity index (χ0) is 18.6. The monoisotopic (exact) mass is 342 g/mol. The fourth-order valence-electron chi connectivity index (χ4n) is 2.26. The van der Waals surface area contributed by atoms with Gasteiger partial charge in [-0.15, -0.1) is 0 Å². The largest absolute Gasteiger partial charge is 0.451 e. The Labute approximate surface area is 144 Å². The van der Waals surface area contributed by atoms with Gasteiger partial charge in [0.15, 0.2) is 6.10 Å². The lowest BCUT2D eigenvalue weighted by Crippen LogP contribution is -2.24. The first-order chi connectivity index (χ1) is 11.8. The van der Waals surface area contributed by atoms with Crippen LogP contribution in [-0.2, 0) is 4.74 Å². The molecule has 0 aliphatic carbocycles. The van der Waals surface area contributed by atoms with Gasteiger partial charge in [0, 0.05) is 18.7 Å². The molecular formula is C18H18N2O5. The summed E-state index contributed by atoms with van der Waals surface area (Å²) in [5.74, 6) is -1.13. The van der Waals surface area contributed by atoms with Gasteiger partial charge in [-0.3, -0.25) is 14.9 Å². The second kappa shape index (κ2) is 7.57. The van der Waals surface area contributed by atoms with Crippen molar-refractivity contribution in [1.29, 1.82) is 0 Å². The molecule has 0 saturated carbocycles. The van der Waals surface area contributed by atoms with Crippen molar-refractivity contribution in [1.82, 2.24) is 0 Å². The van der Waals surface area contributed by atoms with Crippen molar-refractivity contribution >= 4 is 23.1 Å². The standard InChI is InChI=1S/C18H18N2O5/c1-11-4-6-13(7-5-11)17(21)12(2)25-18(22)14-8-9-15(19-3)16(10-14)20(23)24/h4-10,12,19H,1-3H3/t12-/m0/s1. The molecule has 7 nitrogen and oxygen atoms in total.